The van der Waals surface area contributed by atoms with E-state index < -0.39 is 5.60 Å². The van der Waals surface area contributed by atoms with Crippen LogP contribution < -0.4 is 0 Å². The van der Waals surface area contributed by atoms with Crippen LogP contribution in [0.5, 0.6) is 0 Å². The zero-order valence-corrected chi connectivity index (χ0v) is 16.9. The molecule has 0 fully saturated rings. The standard InChI is InChI=1S/C26H30O2/c1-22(27-2)14-12-13-21-28-26(23-15-6-3-7-16-23,24-17-8-4-9-18-24)25-19-10-5-11-20-25/h3-11,15-20,22H,12-14,21H2,1-2H3. The summed E-state index contributed by atoms with van der Waals surface area (Å²) in [5.74, 6) is 0. The van der Waals surface area contributed by atoms with Gasteiger partial charge in [0.2, 0.25) is 0 Å². The zero-order valence-electron chi connectivity index (χ0n) is 16.9. The fourth-order valence-electron chi connectivity index (χ4n) is 3.65. The third kappa shape index (κ3) is 4.70. The van der Waals surface area contributed by atoms with Crippen molar-refractivity contribution >= 4 is 0 Å². The average molecular weight is 375 g/mol. The highest BCUT2D eigenvalue weighted by Gasteiger charge is 2.37. The summed E-state index contributed by atoms with van der Waals surface area (Å²) < 4.78 is 12.1. The molecule has 1 atom stereocenters. The van der Waals surface area contributed by atoms with Crippen LogP contribution in [-0.4, -0.2) is 19.8 Å². The molecule has 0 N–H and O–H groups in total. The molecule has 3 aromatic carbocycles. The monoisotopic (exact) mass is 374 g/mol. The predicted molar refractivity (Wildman–Crippen MR) is 115 cm³/mol. The molecule has 0 spiro atoms. The number of benzene rings is 3. The Morgan fingerprint density at radius 2 is 1.11 bits per heavy atom. The quantitative estimate of drug-likeness (QED) is 0.311. The van der Waals surface area contributed by atoms with Crippen LogP contribution >= 0.6 is 0 Å². The molecule has 0 radical (unpaired) electrons. The van der Waals surface area contributed by atoms with Gasteiger partial charge in [0.25, 0.3) is 0 Å². The van der Waals surface area contributed by atoms with Crippen molar-refractivity contribution < 1.29 is 9.47 Å². The van der Waals surface area contributed by atoms with E-state index in [0.717, 1.165) is 36.0 Å². The number of methoxy groups -OCH3 is 1. The third-order valence-electron chi connectivity index (χ3n) is 5.27. The highest BCUT2D eigenvalue weighted by atomic mass is 16.5. The molecule has 0 aromatic heterocycles. The van der Waals surface area contributed by atoms with Crippen molar-refractivity contribution in [3.63, 3.8) is 0 Å². The smallest absolute Gasteiger partial charge is 0.143 e. The Kier molecular flexibility index (Phi) is 7.41. The van der Waals surface area contributed by atoms with Gasteiger partial charge >= 0.3 is 0 Å². The highest BCUT2D eigenvalue weighted by Crippen LogP contribution is 2.40. The van der Waals surface area contributed by atoms with Crippen molar-refractivity contribution in [2.75, 3.05) is 13.7 Å². The third-order valence-corrected chi connectivity index (χ3v) is 5.27. The van der Waals surface area contributed by atoms with Crippen LogP contribution in [0.25, 0.3) is 0 Å². The number of ether oxygens (including phenoxy) is 2. The first kappa shape index (κ1) is 20.3. The minimum atomic E-state index is -0.614. The maximum atomic E-state index is 6.76. The van der Waals surface area contributed by atoms with Gasteiger partial charge < -0.3 is 9.47 Å². The van der Waals surface area contributed by atoms with E-state index in [1.54, 1.807) is 7.11 Å². The summed E-state index contributed by atoms with van der Waals surface area (Å²) in [5.41, 5.74) is 2.84. The van der Waals surface area contributed by atoms with E-state index in [2.05, 4.69) is 97.9 Å². The number of rotatable bonds is 10. The molecule has 0 saturated heterocycles. The maximum Gasteiger partial charge on any atom is 0.143 e. The average Bonchev–Trinajstić information content (AvgIpc) is 2.78. The van der Waals surface area contributed by atoms with E-state index in [0.29, 0.717) is 12.7 Å². The SMILES string of the molecule is COC(C)CCCCOC(c1ccccc1)(c1ccccc1)c1ccccc1. The number of unbranched alkanes of at least 4 members (excludes halogenated alkanes) is 1. The lowest BCUT2D eigenvalue weighted by Crippen LogP contribution is -2.33. The Labute approximate surface area is 169 Å². The maximum absolute atomic E-state index is 6.76. The van der Waals surface area contributed by atoms with Gasteiger partial charge in [0.15, 0.2) is 0 Å². The molecule has 0 aliphatic rings. The molecule has 0 saturated carbocycles. The molecular formula is C26H30O2. The fraction of sp³-hybridized carbons (Fsp3) is 0.308. The first-order valence-corrected chi connectivity index (χ1v) is 10.1. The molecular weight excluding hydrogens is 344 g/mol. The lowest BCUT2D eigenvalue weighted by atomic mass is 9.80. The number of hydrogen-bond acceptors (Lipinski definition) is 2. The lowest BCUT2D eigenvalue weighted by molar-refractivity contribution is 0.00896. The topological polar surface area (TPSA) is 18.5 Å². The van der Waals surface area contributed by atoms with E-state index in [9.17, 15) is 0 Å². The molecule has 146 valence electrons. The summed E-state index contributed by atoms with van der Waals surface area (Å²) in [5, 5.41) is 0. The number of hydrogen-bond donors (Lipinski definition) is 0. The normalized spacial score (nSPS) is 12.6. The molecule has 3 aromatic rings. The van der Waals surface area contributed by atoms with Crippen LogP contribution in [0.3, 0.4) is 0 Å². The molecule has 0 amide bonds. The Balaban J connectivity index is 1.95. The molecule has 2 nitrogen and oxygen atoms in total. The lowest BCUT2D eigenvalue weighted by Gasteiger charge is -2.36. The van der Waals surface area contributed by atoms with Crippen LogP contribution in [0.2, 0.25) is 0 Å². The van der Waals surface area contributed by atoms with Crippen LogP contribution in [0, 0.1) is 0 Å². The summed E-state index contributed by atoms with van der Waals surface area (Å²) >= 11 is 0. The molecule has 3 rings (SSSR count). The Morgan fingerprint density at radius 3 is 1.50 bits per heavy atom. The second-order valence-electron chi connectivity index (χ2n) is 7.17. The molecule has 0 aliphatic heterocycles. The minimum Gasteiger partial charge on any atom is -0.382 e. The molecule has 2 heteroatoms. The second kappa shape index (κ2) is 10.2. The van der Waals surface area contributed by atoms with Crippen LogP contribution in [0.15, 0.2) is 91.0 Å². The van der Waals surface area contributed by atoms with Crippen molar-refractivity contribution in [3.05, 3.63) is 108 Å². The van der Waals surface area contributed by atoms with Crippen LogP contribution in [0.4, 0.5) is 0 Å². The van der Waals surface area contributed by atoms with Gasteiger partial charge in [-0.25, -0.2) is 0 Å². The molecule has 1 unspecified atom stereocenters. The molecule has 0 heterocycles. The first-order valence-electron chi connectivity index (χ1n) is 10.1. The van der Waals surface area contributed by atoms with Gasteiger partial charge in [0, 0.05) is 13.7 Å². The van der Waals surface area contributed by atoms with Gasteiger partial charge in [0.05, 0.1) is 6.10 Å². The van der Waals surface area contributed by atoms with Crippen molar-refractivity contribution in [1.29, 1.82) is 0 Å². The molecule has 28 heavy (non-hydrogen) atoms. The van der Waals surface area contributed by atoms with Gasteiger partial charge in [-0.3, -0.25) is 0 Å². The summed E-state index contributed by atoms with van der Waals surface area (Å²) in [6.45, 7) is 2.80. The highest BCUT2D eigenvalue weighted by molar-refractivity contribution is 5.47. The van der Waals surface area contributed by atoms with Crippen molar-refractivity contribution in [2.24, 2.45) is 0 Å². The Bertz CT molecular complexity index is 703. The van der Waals surface area contributed by atoms with Crippen molar-refractivity contribution in [2.45, 2.75) is 37.9 Å². The van der Waals surface area contributed by atoms with Crippen molar-refractivity contribution in [3.8, 4) is 0 Å². The van der Waals surface area contributed by atoms with Gasteiger partial charge in [-0.1, -0.05) is 91.0 Å². The molecule has 0 bridgehead atoms. The van der Waals surface area contributed by atoms with Crippen molar-refractivity contribution in [1.82, 2.24) is 0 Å². The van der Waals surface area contributed by atoms with Crippen LogP contribution in [0.1, 0.15) is 42.9 Å². The first-order chi connectivity index (χ1) is 13.8. The van der Waals surface area contributed by atoms with E-state index in [1.165, 1.54) is 0 Å². The summed E-state index contributed by atoms with van der Waals surface area (Å²) in [4.78, 5) is 0. The van der Waals surface area contributed by atoms with Gasteiger partial charge in [-0.05, 0) is 42.9 Å². The van der Waals surface area contributed by atoms with Gasteiger partial charge in [-0.2, -0.15) is 0 Å². The van der Waals surface area contributed by atoms with E-state index in [1.807, 2.05) is 0 Å². The summed E-state index contributed by atoms with van der Waals surface area (Å²) in [7, 11) is 1.77. The minimum absolute atomic E-state index is 0.294. The zero-order chi connectivity index (χ0) is 19.7. The second-order valence-corrected chi connectivity index (χ2v) is 7.17. The van der Waals surface area contributed by atoms with E-state index >= 15 is 0 Å². The Morgan fingerprint density at radius 1 is 0.679 bits per heavy atom. The largest absolute Gasteiger partial charge is 0.382 e. The summed E-state index contributed by atoms with van der Waals surface area (Å²) in [6.07, 6.45) is 3.43. The summed E-state index contributed by atoms with van der Waals surface area (Å²) in [6, 6.07) is 31.6. The predicted octanol–water partition coefficient (Wildman–Crippen LogP) is 6.20. The Hall–Kier alpha value is -2.42. The van der Waals surface area contributed by atoms with E-state index in [4.69, 9.17) is 9.47 Å². The van der Waals surface area contributed by atoms with Gasteiger partial charge in [-0.15, -0.1) is 0 Å². The van der Waals surface area contributed by atoms with Crippen LogP contribution in [-0.2, 0) is 15.1 Å². The van der Waals surface area contributed by atoms with E-state index in [-0.39, 0.29) is 0 Å². The molecule has 0 aliphatic carbocycles. The van der Waals surface area contributed by atoms with Gasteiger partial charge in [0.1, 0.15) is 5.60 Å². The fourth-order valence-corrected chi connectivity index (χ4v) is 3.65.